The molecule has 0 radical (unpaired) electrons. The van der Waals surface area contributed by atoms with Crippen LogP contribution in [0.1, 0.15) is 11.7 Å². The second-order valence-electron chi connectivity index (χ2n) is 4.90. The second-order valence-corrected chi connectivity index (χ2v) is 4.90. The fourth-order valence-corrected chi connectivity index (χ4v) is 2.04. The highest BCUT2D eigenvalue weighted by atomic mass is 19.3. The van der Waals surface area contributed by atoms with Crippen LogP contribution >= 0.6 is 0 Å². The van der Waals surface area contributed by atoms with Crippen LogP contribution in [0.4, 0.5) is 13.2 Å². The van der Waals surface area contributed by atoms with E-state index in [9.17, 15) is 23.1 Å². The summed E-state index contributed by atoms with van der Waals surface area (Å²) in [6.07, 6.45) is -2.92. The van der Waals surface area contributed by atoms with Crippen molar-refractivity contribution in [2.24, 2.45) is 5.92 Å². The van der Waals surface area contributed by atoms with Gasteiger partial charge in [0.1, 0.15) is 0 Å². The van der Waals surface area contributed by atoms with Crippen molar-refractivity contribution < 1.29 is 27.6 Å². The molecule has 2 aromatic rings. The molecule has 0 aliphatic carbocycles. The highest BCUT2D eigenvalue weighted by Gasteiger charge is 2.23. The Morgan fingerprint density at radius 2 is 1.96 bits per heavy atom. The Kier molecular flexibility index (Phi) is 5.75. The molecule has 1 aromatic carbocycles. The summed E-state index contributed by atoms with van der Waals surface area (Å²) in [5, 5.41) is 15.6. The largest absolute Gasteiger partial charge is 0.388 e. The van der Waals surface area contributed by atoms with Gasteiger partial charge in [-0.3, -0.25) is 9.18 Å². The summed E-state index contributed by atoms with van der Waals surface area (Å²) in [7, 11) is 0. The van der Waals surface area contributed by atoms with E-state index in [2.05, 4.69) is 5.16 Å². The van der Waals surface area contributed by atoms with Crippen molar-refractivity contribution >= 4 is 5.91 Å². The number of carbonyl (C=O) groups is 1. The number of halogens is 3. The number of aromatic nitrogens is 1. The lowest BCUT2D eigenvalue weighted by atomic mass is 9.95. The lowest BCUT2D eigenvalue weighted by molar-refractivity contribution is -0.132. The summed E-state index contributed by atoms with van der Waals surface area (Å²) < 4.78 is 42.2. The highest BCUT2D eigenvalue weighted by Crippen LogP contribution is 2.25. The van der Waals surface area contributed by atoms with Gasteiger partial charge in [-0.25, -0.2) is 0 Å². The van der Waals surface area contributed by atoms with Gasteiger partial charge in [-0.05, 0) is 5.56 Å². The molecule has 8 heteroatoms. The van der Waals surface area contributed by atoms with E-state index >= 15 is 0 Å². The Morgan fingerprint density at radius 1 is 1.26 bits per heavy atom. The molecule has 2 rings (SSSR count). The van der Waals surface area contributed by atoms with Gasteiger partial charge in [-0.1, -0.05) is 29.4 Å². The topological polar surface area (TPSA) is 75.4 Å². The molecule has 5 nitrogen and oxygen atoms in total. The number of aliphatic hydroxyl groups excluding tert-OH is 1. The fraction of sp³-hybridized carbons (Fsp3) is 0.333. The molecule has 23 heavy (non-hydrogen) atoms. The molecular weight excluding hydrogens is 313 g/mol. The van der Waals surface area contributed by atoms with Crippen molar-refractivity contribution in [3.05, 3.63) is 42.1 Å². The van der Waals surface area contributed by atoms with Crippen LogP contribution in [0.15, 0.2) is 41.1 Å². The first-order valence-corrected chi connectivity index (χ1v) is 6.84. The molecule has 2 atom stereocenters. The van der Waals surface area contributed by atoms with E-state index in [0.717, 1.165) is 5.56 Å². The van der Waals surface area contributed by atoms with Gasteiger partial charge in [0.2, 0.25) is 0 Å². The highest BCUT2D eigenvalue weighted by molar-refractivity contribution is 5.79. The van der Waals surface area contributed by atoms with Gasteiger partial charge < -0.3 is 14.9 Å². The van der Waals surface area contributed by atoms with Gasteiger partial charge in [-0.15, -0.1) is 0 Å². The van der Waals surface area contributed by atoms with Crippen molar-refractivity contribution in [2.45, 2.75) is 12.5 Å². The normalized spacial score (nSPS) is 13.8. The average Bonchev–Trinajstić information content (AvgIpc) is 3.09. The quantitative estimate of drug-likeness (QED) is 0.818. The minimum Gasteiger partial charge on any atom is -0.388 e. The van der Waals surface area contributed by atoms with E-state index in [1.54, 1.807) is 30.3 Å². The molecule has 1 aromatic heterocycles. The first kappa shape index (κ1) is 17.0. The number of benzene rings is 1. The number of alkyl halides is 3. The minimum atomic E-state index is -3.17. The molecule has 0 saturated carbocycles. The zero-order chi connectivity index (χ0) is 16.8. The third-order valence-electron chi connectivity index (χ3n) is 3.36. The Labute approximate surface area is 130 Å². The Bertz CT molecular complexity index is 617. The Balaban J connectivity index is 2.02. The van der Waals surface area contributed by atoms with E-state index < -0.39 is 31.0 Å². The smallest absolute Gasteiger partial charge is 0.315 e. The molecule has 0 aliphatic heterocycles. The first-order valence-electron chi connectivity index (χ1n) is 6.84. The van der Waals surface area contributed by atoms with E-state index in [1.807, 2.05) is 5.32 Å². The molecule has 124 valence electrons. The Morgan fingerprint density at radius 3 is 2.48 bits per heavy atom. The first-order chi connectivity index (χ1) is 11.0. The van der Waals surface area contributed by atoms with Gasteiger partial charge in [0.05, 0.1) is 19.0 Å². The summed E-state index contributed by atoms with van der Waals surface area (Å²) in [4.78, 5) is 10.8. The third-order valence-corrected chi connectivity index (χ3v) is 3.36. The van der Waals surface area contributed by atoms with Crippen LogP contribution in [0.3, 0.4) is 0 Å². The lowest BCUT2D eigenvalue weighted by Gasteiger charge is -2.21. The molecule has 2 N–H and O–H groups in total. The van der Waals surface area contributed by atoms with Crippen molar-refractivity contribution in [1.29, 1.82) is 0 Å². The van der Waals surface area contributed by atoms with Crippen LogP contribution in [0, 0.1) is 5.92 Å². The maximum atomic E-state index is 13.0. The summed E-state index contributed by atoms with van der Waals surface area (Å²) in [5.41, 5.74) is 1.13. The molecule has 0 saturated heterocycles. The van der Waals surface area contributed by atoms with E-state index in [0.29, 0.717) is 11.3 Å². The molecule has 0 fully saturated rings. The van der Waals surface area contributed by atoms with Gasteiger partial charge in [-0.2, -0.15) is 8.78 Å². The van der Waals surface area contributed by atoms with Gasteiger partial charge in [0.25, 0.3) is 5.91 Å². The molecule has 0 unspecified atom stereocenters. The van der Waals surface area contributed by atoms with Crippen molar-refractivity contribution in [3.63, 3.8) is 0 Å². The molecule has 1 amide bonds. The summed E-state index contributed by atoms with van der Waals surface area (Å²) in [5.74, 6) is -1.97. The zero-order valence-electron chi connectivity index (χ0n) is 12.0. The second kappa shape index (κ2) is 7.77. The van der Waals surface area contributed by atoms with Crippen LogP contribution in [0.5, 0.6) is 0 Å². The van der Waals surface area contributed by atoms with Crippen LogP contribution in [0.2, 0.25) is 0 Å². The number of aliphatic hydroxyl groups is 1. The Hall–Kier alpha value is -2.35. The number of nitrogens with zero attached hydrogens (tertiary/aromatic N) is 1. The standard InChI is InChI=1S/C15H15F3N2O3/c16-7-11(8-19-15(22)14(17)18)13(21)10-3-1-9(2-4-10)12-5-6-20-23-12/h1-6,11,13-14,21H,7-8H2,(H,19,22)/t11-,13+/m0/s1. The average molecular weight is 328 g/mol. The van der Waals surface area contributed by atoms with E-state index in [1.165, 1.54) is 6.20 Å². The zero-order valence-corrected chi connectivity index (χ0v) is 12.0. The SMILES string of the molecule is O=C(NC[C@H](CF)[C@H](O)c1ccc(-c2ccno2)cc1)C(F)F. The number of hydrogen-bond donors (Lipinski definition) is 2. The van der Waals surface area contributed by atoms with Crippen molar-refractivity contribution in [3.8, 4) is 11.3 Å². The van der Waals surface area contributed by atoms with Crippen LogP contribution in [0.25, 0.3) is 11.3 Å². The van der Waals surface area contributed by atoms with E-state index in [-0.39, 0.29) is 6.54 Å². The van der Waals surface area contributed by atoms with Gasteiger partial charge >= 0.3 is 6.43 Å². The summed E-state index contributed by atoms with van der Waals surface area (Å²) in [6.45, 7) is -1.35. The number of hydrogen-bond acceptors (Lipinski definition) is 4. The predicted molar refractivity (Wildman–Crippen MR) is 75.4 cm³/mol. The molecule has 0 aliphatic rings. The summed E-state index contributed by atoms with van der Waals surface area (Å²) >= 11 is 0. The van der Waals surface area contributed by atoms with E-state index in [4.69, 9.17) is 4.52 Å². The maximum absolute atomic E-state index is 13.0. The van der Waals surface area contributed by atoms with Crippen LogP contribution in [-0.2, 0) is 4.79 Å². The number of nitrogens with one attached hydrogen (secondary N) is 1. The van der Waals surface area contributed by atoms with Crippen LogP contribution < -0.4 is 5.32 Å². The predicted octanol–water partition coefficient (Wildman–Crippen LogP) is 2.34. The van der Waals surface area contributed by atoms with Crippen molar-refractivity contribution in [2.75, 3.05) is 13.2 Å². The van der Waals surface area contributed by atoms with Crippen LogP contribution in [-0.4, -0.2) is 35.8 Å². The number of rotatable bonds is 7. The monoisotopic (exact) mass is 328 g/mol. The maximum Gasteiger partial charge on any atom is 0.315 e. The van der Waals surface area contributed by atoms with Gasteiger partial charge in [0.15, 0.2) is 5.76 Å². The van der Waals surface area contributed by atoms with Crippen molar-refractivity contribution in [1.82, 2.24) is 10.5 Å². The number of amides is 1. The molecule has 0 bridgehead atoms. The number of carbonyl (C=O) groups excluding carboxylic acids is 1. The minimum absolute atomic E-state index is 0.384. The lowest BCUT2D eigenvalue weighted by Crippen LogP contribution is -2.36. The fourth-order valence-electron chi connectivity index (χ4n) is 2.04. The molecular formula is C15H15F3N2O3. The van der Waals surface area contributed by atoms with Gasteiger partial charge in [0, 0.05) is 24.1 Å². The molecule has 1 heterocycles. The third kappa shape index (κ3) is 4.32. The molecule has 0 spiro atoms. The summed E-state index contributed by atoms with van der Waals surface area (Å²) in [6, 6.07) is 8.12.